The second kappa shape index (κ2) is 35.2. The first kappa shape index (κ1) is 78.2. The lowest BCUT2D eigenvalue weighted by Crippen LogP contribution is -2.09. The van der Waals surface area contributed by atoms with Crippen LogP contribution in [0.15, 0.2) is 347 Å². The molecule has 21 rings (SSSR count). The van der Waals surface area contributed by atoms with E-state index in [1.165, 1.54) is 16.3 Å². The summed E-state index contributed by atoms with van der Waals surface area (Å²) >= 11 is 0. The van der Waals surface area contributed by atoms with Gasteiger partial charge in [-0.05, 0) is 151 Å². The second-order valence-corrected chi connectivity index (χ2v) is 29.4. The van der Waals surface area contributed by atoms with Gasteiger partial charge in [0.15, 0.2) is 56.5 Å². The summed E-state index contributed by atoms with van der Waals surface area (Å²) in [6.07, 6.45) is 16.9. The zero-order valence-electron chi connectivity index (χ0n) is 68.6. The molecule has 0 aliphatic heterocycles. The highest BCUT2D eigenvalue weighted by molar-refractivity contribution is 5.87. The molecular formula is C98H84N24. The van der Waals surface area contributed by atoms with Gasteiger partial charge in [-0.1, -0.05) is 157 Å². The first-order valence-electron chi connectivity index (χ1n) is 39.6. The molecule has 0 N–H and O–H groups in total. The van der Waals surface area contributed by atoms with E-state index in [1.54, 1.807) is 62.0 Å². The monoisotopic (exact) mass is 1600 g/mol. The van der Waals surface area contributed by atoms with Crippen molar-refractivity contribution in [3.8, 4) is 85.4 Å². The van der Waals surface area contributed by atoms with Gasteiger partial charge >= 0.3 is 0 Å². The molecule has 596 valence electrons. The molecule has 0 radical (unpaired) electrons. The number of hydrogen-bond acceptors (Lipinski definition) is 19. The maximum Gasteiger partial charge on any atom is 0.198 e. The zero-order valence-corrected chi connectivity index (χ0v) is 68.6. The molecule has 0 amide bonds. The molecule has 0 saturated heterocycles. The maximum absolute atomic E-state index is 4.76. The largest absolute Gasteiger partial charge is 0.378 e. The second-order valence-electron chi connectivity index (χ2n) is 29.4. The van der Waals surface area contributed by atoms with Crippen molar-refractivity contribution in [3.05, 3.63) is 353 Å². The van der Waals surface area contributed by atoms with Crippen LogP contribution in [0.25, 0.3) is 153 Å². The molecule has 0 aliphatic rings. The fourth-order valence-corrected chi connectivity index (χ4v) is 14.2. The van der Waals surface area contributed by atoms with Gasteiger partial charge in [0.2, 0.25) is 0 Å². The van der Waals surface area contributed by atoms with E-state index < -0.39 is 0 Å². The van der Waals surface area contributed by atoms with Crippen LogP contribution in [-0.4, -0.2) is 154 Å². The van der Waals surface area contributed by atoms with Crippen LogP contribution >= 0.6 is 0 Å². The number of anilines is 4. The molecule has 24 heteroatoms. The van der Waals surface area contributed by atoms with Crippen LogP contribution in [0.3, 0.4) is 0 Å². The topological polar surface area (TPSA) is 231 Å². The van der Waals surface area contributed by atoms with Crippen molar-refractivity contribution in [1.82, 2.24) is 97.6 Å². The minimum atomic E-state index is 0.640. The SMILES string of the molecule is CN(C)c1ccc(-c2nc3nccnc3n2-c2ccc(N(C)C)cc2)cc1.CN(C)c1ccc(-c2nc3nccnc3n2-c2ccccc2)cc1.CN(C)c1ccc(-n2c(-c3ccccc3)nc3nccnc32)cc1.Cc1ccc(-c2nc3nccnc3n2-c2ccc3ccccc3c2)cc1.c1ccc(-c2nc3nccnc3n2-c2ccccc2)cc1. The van der Waals surface area contributed by atoms with Crippen molar-refractivity contribution in [1.29, 1.82) is 0 Å². The van der Waals surface area contributed by atoms with Gasteiger partial charge in [0.1, 0.15) is 29.1 Å². The summed E-state index contributed by atoms with van der Waals surface area (Å²) < 4.78 is 10.3. The number of rotatable bonds is 14. The quantitative estimate of drug-likeness (QED) is 0.0985. The average molecular weight is 1600 g/mol. The summed E-state index contributed by atoms with van der Waals surface area (Å²) in [5.41, 5.74) is 23.1. The van der Waals surface area contributed by atoms with Crippen LogP contribution in [0.5, 0.6) is 0 Å². The Bertz CT molecular complexity index is 7110. The number of nitrogens with zero attached hydrogens (tertiary/aromatic N) is 24. The molecule has 122 heavy (non-hydrogen) atoms. The van der Waals surface area contributed by atoms with E-state index in [0.717, 1.165) is 136 Å². The predicted molar refractivity (Wildman–Crippen MR) is 490 cm³/mol. The molecule has 21 aromatic rings. The minimum absolute atomic E-state index is 0.640. The molecule has 0 aliphatic carbocycles. The summed E-state index contributed by atoms with van der Waals surface area (Å²) in [5.74, 6) is 4.21. The van der Waals surface area contributed by atoms with E-state index >= 15 is 0 Å². The van der Waals surface area contributed by atoms with Crippen LogP contribution in [0.1, 0.15) is 5.56 Å². The van der Waals surface area contributed by atoms with E-state index in [2.05, 4.69) is 259 Å². The third-order valence-corrected chi connectivity index (χ3v) is 20.4. The van der Waals surface area contributed by atoms with Crippen LogP contribution in [-0.2, 0) is 0 Å². The summed E-state index contributed by atoms with van der Waals surface area (Å²) in [7, 11) is 16.2. The molecule has 0 atom stereocenters. The summed E-state index contributed by atoms with van der Waals surface area (Å²) in [5, 5.41) is 2.40. The van der Waals surface area contributed by atoms with Gasteiger partial charge < -0.3 is 19.6 Å². The first-order valence-corrected chi connectivity index (χ1v) is 39.6. The number of benzene rings is 11. The molecule has 0 spiro atoms. The predicted octanol–water partition coefficient (Wildman–Crippen LogP) is 19.1. The third-order valence-electron chi connectivity index (χ3n) is 20.4. The van der Waals surface area contributed by atoms with E-state index in [4.69, 9.17) is 19.9 Å². The number of fused-ring (bicyclic) bond motifs is 6. The zero-order chi connectivity index (χ0) is 83.6. The molecule has 10 heterocycles. The highest BCUT2D eigenvalue weighted by Gasteiger charge is 2.23. The molecule has 0 bridgehead atoms. The van der Waals surface area contributed by atoms with Crippen LogP contribution in [0.2, 0.25) is 0 Å². The average Bonchev–Trinajstić information content (AvgIpc) is 1.64. The van der Waals surface area contributed by atoms with Crippen LogP contribution < -0.4 is 19.6 Å². The Kier molecular flexibility index (Phi) is 22.6. The summed E-state index contributed by atoms with van der Waals surface area (Å²) in [6, 6.07) is 96.9. The van der Waals surface area contributed by atoms with Gasteiger partial charge in [-0.2, -0.15) is 0 Å². The van der Waals surface area contributed by atoms with Crippen LogP contribution in [0, 0.1) is 6.92 Å². The van der Waals surface area contributed by atoms with Crippen molar-refractivity contribution in [2.24, 2.45) is 0 Å². The van der Waals surface area contributed by atoms with Crippen molar-refractivity contribution < 1.29 is 0 Å². The molecule has 24 nitrogen and oxygen atoms in total. The lowest BCUT2D eigenvalue weighted by atomic mass is 10.1. The van der Waals surface area contributed by atoms with E-state index in [1.807, 2.05) is 187 Å². The van der Waals surface area contributed by atoms with E-state index in [9.17, 15) is 0 Å². The fraction of sp³-hybridized carbons (Fsp3) is 0.0918. The highest BCUT2D eigenvalue weighted by Crippen LogP contribution is 2.35. The molecule has 11 aromatic carbocycles. The van der Waals surface area contributed by atoms with E-state index in [0.29, 0.717) is 28.2 Å². The first-order chi connectivity index (χ1) is 59.7. The third kappa shape index (κ3) is 16.6. The number of imidazole rings is 5. The number of aromatic nitrogens is 20. The van der Waals surface area contributed by atoms with Gasteiger partial charge in [-0.25, -0.2) is 74.8 Å². The van der Waals surface area contributed by atoms with Gasteiger partial charge in [0.25, 0.3) is 0 Å². The molecule has 0 fully saturated rings. The number of hydrogen-bond donors (Lipinski definition) is 0. The van der Waals surface area contributed by atoms with Crippen molar-refractivity contribution in [3.63, 3.8) is 0 Å². The Hall–Kier alpha value is -16.4. The Morgan fingerprint density at radius 2 is 0.418 bits per heavy atom. The van der Waals surface area contributed by atoms with Crippen molar-refractivity contribution >= 4 is 90.0 Å². The lowest BCUT2D eigenvalue weighted by molar-refractivity contribution is 1.07. The smallest absolute Gasteiger partial charge is 0.198 e. The Morgan fingerprint density at radius 3 is 0.713 bits per heavy atom. The molecule has 0 unspecified atom stereocenters. The maximum atomic E-state index is 4.76. The molecule has 10 aromatic heterocycles. The van der Waals surface area contributed by atoms with Gasteiger partial charge in [-0.15, -0.1) is 0 Å². The number of aryl methyl sites for hydroxylation is 1. The molecular weight excluding hydrogens is 1510 g/mol. The van der Waals surface area contributed by atoms with E-state index in [-0.39, 0.29) is 0 Å². The lowest BCUT2D eigenvalue weighted by Gasteiger charge is -2.15. The van der Waals surface area contributed by atoms with Crippen LogP contribution in [0.4, 0.5) is 22.7 Å². The van der Waals surface area contributed by atoms with Crippen molar-refractivity contribution in [2.75, 3.05) is 76.0 Å². The minimum Gasteiger partial charge on any atom is -0.378 e. The van der Waals surface area contributed by atoms with Gasteiger partial charge in [-0.3, -0.25) is 22.8 Å². The Morgan fingerprint density at radius 1 is 0.197 bits per heavy atom. The number of para-hydroxylation sites is 2. The van der Waals surface area contributed by atoms with Gasteiger partial charge in [0, 0.05) is 197 Å². The molecule has 0 saturated carbocycles. The standard InChI is InChI=1S/C22H16N4.C21H22N6.2C19H17N5.C17H12N4/c1-15-6-8-17(9-7-15)21-25-20-22(24-13-12-23-20)26(21)19-11-10-16-4-2-3-5-18(16)14-19;1-25(2)16-7-5-15(6-8-16)20-24-19-21(23-14-13-22-19)27(20)18-11-9-17(10-12-18)26(3)4;1-23(2)15-10-8-14(9-11-15)18-22-17-19(21-13-12-20-17)24(18)16-6-4-3-5-7-16;1-23(2)15-8-10-16(11-9-15)24-18(14-6-4-3-5-7-14)22-17-19(24)21-13-12-20-17;1-3-7-13(8-4-1)16-20-15-17(19-12-11-18-15)21(16)14-9-5-2-6-10-14/h2-14H,1H3;5-14H,1-4H3;2*3-13H,1-2H3;1-12H. The Labute approximate surface area is 704 Å². The summed E-state index contributed by atoms with van der Waals surface area (Å²) in [6.45, 7) is 2.08. The normalized spacial score (nSPS) is 11.0. The summed E-state index contributed by atoms with van der Waals surface area (Å²) in [4.78, 5) is 76.2. The Balaban J connectivity index is 0.000000109. The van der Waals surface area contributed by atoms with Gasteiger partial charge in [0.05, 0.1) is 0 Å². The highest BCUT2D eigenvalue weighted by atomic mass is 15.2. The van der Waals surface area contributed by atoms with Crippen molar-refractivity contribution in [2.45, 2.75) is 6.92 Å². The fourth-order valence-electron chi connectivity index (χ4n) is 14.2.